The number of carbonyl (C=O) groups is 4. The molecule has 2 N–H and O–H groups in total. The molecule has 2 fully saturated rings. The van der Waals surface area contributed by atoms with E-state index in [1.165, 1.54) is 4.40 Å². The largest absolute Gasteiger partial charge is 0.494 e. The molecule has 0 saturated carbocycles. The molecule has 13 nitrogen and oxygen atoms in total. The third-order valence-electron chi connectivity index (χ3n) is 10.5. The van der Waals surface area contributed by atoms with Gasteiger partial charge in [0.25, 0.3) is 17.4 Å². The van der Waals surface area contributed by atoms with Gasteiger partial charge in [-0.2, -0.15) is 0 Å². The molecule has 3 aliphatic heterocycles. The van der Waals surface area contributed by atoms with Gasteiger partial charge in [-0.15, -0.1) is 0 Å². The van der Waals surface area contributed by atoms with E-state index in [0.717, 1.165) is 49.4 Å². The number of amides is 4. The third-order valence-corrected chi connectivity index (χ3v) is 11.2. The number of pyridine rings is 1. The second-order valence-electron chi connectivity index (χ2n) is 14.3. The molecule has 5 heterocycles. The van der Waals surface area contributed by atoms with Gasteiger partial charge in [0.2, 0.25) is 11.8 Å². The number of halogens is 1. The van der Waals surface area contributed by atoms with Gasteiger partial charge in [0.1, 0.15) is 33.5 Å². The first kappa shape index (κ1) is 36.5. The molecule has 1 aromatic carbocycles. The summed E-state index contributed by atoms with van der Waals surface area (Å²) in [7, 11) is 2.13. The molecule has 7 rings (SSSR count). The first-order valence-corrected chi connectivity index (χ1v) is 19.0. The Morgan fingerprint density at radius 3 is 2.58 bits per heavy atom. The molecule has 2 saturated heterocycles. The van der Waals surface area contributed by atoms with E-state index in [4.69, 9.17) is 14.5 Å². The molecule has 0 radical (unpaired) electrons. The van der Waals surface area contributed by atoms with E-state index in [1.807, 2.05) is 18.2 Å². The quantitative estimate of drug-likeness (QED) is 0.198. The van der Waals surface area contributed by atoms with E-state index in [0.29, 0.717) is 52.7 Å². The highest BCUT2D eigenvalue weighted by molar-refractivity contribution is 9.10. The van der Waals surface area contributed by atoms with Crippen molar-refractivity contribution in [2.45, 2.75) is 57.5 Å². The van der Waals surface area contributed by atoms with Crippen LogP contribution in [0.25, 0.3) is 5.65 Å². The fraction of sp³-hybridized carbons (Fsp3) is 0.436. The normalized spacial score (nSPS) is 24.6. The predicted octanol–water partition coefficient (Wildman–Crippen LogP) is 4.56. The van der Waals surface area contributed by atoms with Gasteiger partial charge >= 0.3 is 0 Å². The maximum atomic E-state index is 13.3. The van der Waals surface area contributed by atoms with Crippen LogP contribution in [0.1, 0.15) is 66.2 Å². The summed E-state index contributed by atoms with van der Waals surface area (Å²) in [5, 5.41) is 5.77. The average Bonchev–Trinajstić information content (AvgIpc) is 3.39. The Balaban J connectivity index is 0.857. The molecule has 53 heavy (non-hydrogen) atoms. The minimum Gasteiger partial charge on any atom is -0.494 e. The number of nitrogens with zero attached hydrogens (tertiary/aromatic N) is 4. The number of allylic oxidation sites excluding steroid dienone is 3. The number of fused-ring (bicyclic) bond motifs is 2. The molecular weight excluding hydrogens is 744 g/mol. The molecule has 3 unspecified atom stereocenters. The molecule has 0 bridgehead atoms. The van der Waals surface area contributed by atoms with Crippen molar-refractivity contribution in [3.63, 3.8) is 0 Å². The van der Waals surface area contributed by atoms with Crippen molar-refractivity contribution < 1.29 is 28.7 Å². The van der Waals surface area contributed by atoms with Crippen LogP contribution in [0, 0.1) is 17.8 Å². The van der Waals surface area contributed by atoms with Gasteiger partial charge in [0.05, 0.1) is 24.3 Å². The van der Waals surface area contributed by atoms with E-state index in [2.05, 4.69) is 63.7 Å². The Morgan fingerprint density at radius 1 is 0.981 bits per heavy atom. The average molecular weight is 788 g/mol. The summed E-state index contributed by atoms with van der Waals surface area (Å²) < 4.78 is 14.1. The van der Waals surface area contributed by atoms with Gasteiger partial charge in [0.15, 0.2) is 0 Å². The topological polar surface area (TPSA) is 152 Å². The van der Waals surface area contributed by atoms with Crippen LogP contribution >= 0.6 is 15.9 Å². The standard InChI is InChI=1S/C39H43BrN6O7/c1-23-19-26(12-13-27(23)24-20-25(22-44(2)21-24)41-35-34(40)39(51)45-16-5-4-11-31(45)42-35)52-17-6-3-7-18-53-30-10-8-9-28-33(30)38(50)46(37(28)49)29-14-15-32(47)43-36(29)48/h4-5,8-13,16,19,23-25,27,29,41H,3,6-7,14-15,17-18,20-22H2,1-2H3,(H,43,47,48)/t23?,24-,25+,27?,29?/m0/s1. The van der Waals surface area contributed by atoms with E-state index in [1.54, 1.807) is 24.4 Å². The van der Waals surface area contributed by atoms with Crippen LogP contribution < -0.4 is 20.9 Å². The first-order valence-electron chi connectivity index (χ1n) is 18.2. The maximum absolute atomic E-state index is 13.3. The summed E-state index contributed by atoms with van der Waals surface area (Å²) in [6.45, 7) is 4.99. The van der Waals surface area contributed by atoms with Gasteiger partial charge in [0, 0.05) is 31.7 Å². The number of hydrogen-bond donors (Lipinski definition) is 2. The van der Waals surface area contributed by atoms with Crippen molar-refractivity contribution >= 4 is 51.0 Å². The van der Waals surface area contributed by atoms with E-state index >= 15 is 0 Å². The third kappa shape index (κ3) is 7.65. The molecule has 1 aliphatic carbocycles. The number of anilines is 1. The lowest BCUT2D eigenvalue weighted by Gasteiger charge is -2.41. The van der Waals surface area contributed by atoms with Crippen LogP contribution in [0.2, 0.25) is 0 Å². The summed E-state index contributed by atoms with van der Waals surface area (Å²) in [6, 6.07) is 9.51. The lowest BCUT2D eigenvalue weighted by molar-refractivity contribution is -0.136. The summed E-state index contributed by atoms with van der Waals surface area (Å²) in [6.07, 6.45) is 11.8. The lowest BCUT2D eigenvalue weighted by atomic mass is 9.75. The molecule has 14 heteroatoms. The van der Waals surface area contributed by atoms with Crippen LogP contribution in [0.15, 0.2) is 75.8 Å². The molecule has 2 aromatic heterocycles. The zero-order valence-electron chi connectivity index (χ0n) is 29.8. The number of unbranched alkanes of at least 4 members (excludes halogenated alkanes) is 2. The number of likely N-dealkylation sites (tertiary alicyclic amines) is 1. The zero-order valence-corrected chi connectivity index (χ0v) is 31.3. The number of aromatic nitrogens is 2. The Morgan fingerprint density at radius 2 is 1.79 bits per heavy atom. The van der Waals surface area contributed by atoms with Crippen molar-refractivity contribution in [1.82, 2.24) is 24.5 Å². The second kappa shape index (κ2) is 15.7. The number of nitrogens with one attached hydrogen (secondary N) is 2. The van der Waals surface area contributed by atoms with Crippen LogP contribution in [0.5, 0.6) is 5.75 Å². The SMILES string of the molecule is CC1C=C(OCCCCCOc2cccc3c2C(=O)N(C2CCC(=O)NC2=O)C3=O)C=CC1[C@H]1C[C@@H](Nc2nc3ccccn3c(=O)c2Br)CN(C)C1. The van der Waals surface area contributed by atoms with Gasteiger partial charge in [-0.1, -0.05) is 25.1 Å². The fourth-order valence-corrected chi connectivity index (χ4v) is 8.35. The maximum Gasteiger partial charge on any atom is 0.274 e. The highest BCUT2D eigenvalue weighted by Gasteiger charge is 2.46. The lowest BCUT2D eigenvalue weighted by Crippen LogP contribution is -2.54. The number of piperidine rings is 2. The number of benzene rings is 1. The Kier molecular flexibility index (Phi) is 10.8. The number of likely N-dealkylation sites (N-methyl/N-ethyl adjacent to an activating group) is 1. The van der Waals surface area contributed by atoms with Crippen molar-refractivity contribution in [3.05, 3.63) is 92.5 Å². The number of ether oxygens (including phenoxy) is 2. The number of rotatable bonds is 12. The van der Waals surface area contributed by atoms with Crippen molar-refractivity contribution in [2.75, 3.05) is 38.7 Å². The van der Waals surface area contributed by atoms with Gasteiger partial charge in [-0.05, 0) is 109 Å². The summed E-state index contributed by atoms with van der Waals surface area (Å²) in [4.78, 5) is 71.2. The van der Waals surface area contributed by atoms with Gasteiger partial charge < -0.3 is 19.7 Å². The van der Waals surface area contributed by atoms with Crippen molar-refractivity contribution in [3.8, 4) is 5.75 Å². The Labute approximate surface area is 315 Å². The van der Waals surface area contributed by atoms with E-state index in [9.17, 15) is 24.0 Å². The fourth-order valence-electron chi connectivity index (χ4n) is 7.95. The van der Waals surface area contributed by atoms with Crippen LogP contribution in [-0.4, -0.2) is 88.2 Å². The molecule has 4 amide bonds. The monoisotopic (exact) mass is 786 g/mol. The van der Waals surface area contributed by atoms with Crippen molar-refractivity contribution in [1.29, 1.82) is 0 Å². The predicted molar refractivity (Wildman–Crippen MR) is 200 cm³/mol. The smallest absolute Gasteiger partial charge is 0.274 e. The van der Waals surface area contributed by atoms with Crippen LogP contribution in [0.3, 0.4) is 0 Å². The minimum atomic E-state index is -1.02. The Bertz CT molecular complexity index is 2060. The van der Waals surface area contributed by atoms with Crippen LogP contribution in [-0.2, 0) is 14.3 Å². The van der Waals surface area contributed by atoms with Gasteiger partial charge in [-0.3, -0.25) is 38.6 Å². The highest BCUT2D eigenvalue weighted by atomic mass is 79.9. The molecule has 5 atom stereocenters. The van der Waals surface area contributed by atoms with Crippen LogP contribution in [0.4, 0.5) is 5.82 Å². The molecule has 278 valence electrons. The van der Waals surface area contributed by atoms with E-state index in [-0.39, 0.29) is 35.6 Å². The summed E-state index contributed by atoms with van der Waals surface area (Å²) in [5.74, 6) is 0.631. The molecule has 0 spiro atoms. The van der Waals surface area contributed by atoms with E-state index < -0.39 is 29.7 Å². The molecule has 3 aromatic rings. The molecular formula is C39H43BrN6O7. The zero-order chi connectivity index (χ0) is 37.2. The summed E-state index contributed by atoms with van der Waals surface area (Å²) >= 11 is 3.48. The first-order chi connectivity index (χ1) is 25.6. The highest BCUT2D eigenvalue weighted by Crippen LogP contribution is 2.36. The number of hydrogen-bond acceptors (Lipinski definition) is 10. The second-order valence-corrected chi connectivity index (χ2v) is 15.1. The summed E-state index contributed by atoms with van der Waals surface area (Å²) in [5.41, 5.74) is 0.828. The van der Waals surface area contributed by atoms with Gasteiger partial charge in [-0.25, -0.2) is 4.98 Å². The number of carbonyl (C=O) groups excluding carboxylic acids is 4. The van der Waals surface area contributed by atoms with Crippen molar-refractivity contribution in [2.24, 2.45) is 17.8 Å². The Hall–Kier alpha value is -4.82. The molecule has 4 aliphatic rings. The number of imide groups is 2. The minimum absolute atomic E-state index is 0.0665.